The Kier molecular flexibility index (Phi) is 7.80. The molecule has 1 aliphatic carbocycles. The number of carbonyl (C=O) groups is 1. The minimum absolute atomic E-state index is 0.299. The molecule has 0 saturated heterocycles. The molecule has 8 nitrogen and oxygen atoms in total. The lowest BCUT2D eigenvalue weighted by atomic mass is 9.91. The summed E-state index contributed by atoms with van der Waals surface area (Å²) in [5, 5.41) is 8.74. The van der Waals surface area contributed by atoms with Crippen molar-refractivity contribution in [3.05, 3.63) is 45.7 Å². The lowest BCUT2D eigenvalue weighted by Crippen LogP contribution is -2.37. The van der Waals surface area contributed by atoms with Gasteiger partial charge in [-0.2, -0.15) is 4.98 Å². The molecule has 0 atom stereocenters. The highest BCUT2D eigenvalue weighted by Crippen LogP contribution is 2.35. The first kappa shape index (κ1) is 24.6. The van der Waals surface area contributed by atoms with Crippen LogP contribution < -0.4 is 15.5 Å². The maximum atomic E-state index is 12.6. The maximum absolute atomic E-state index is 12.6. The first-order valence-corrected chi connectivity index (χ1v) is 12.3. The van der Waals surface area contributed by atoms with E-state index in [1.807, 2.05) is 31.1 Å². The Bertz CT molecular complexity index is 1160. The molecule has 182 valence electrons. The summed E-state index contributed by atoms with van der Waals surface area (Å²) in [6.45, 7) is 2.58. The molecule has 3 N–H and O–H groups in total. The molecule has 2 aromatic heterocycles. The van der Waals surface area contributed by atoms with Gasteiger partial charge in [0, 0.05) is 55.4 Å². The highest BCUT2D eigenvalue weighted by atomic mass is 35.5. The number of aromatic amines is 1. The van der Waals surface area contributed by atoms with Gasteiger partial charge in [0.1, 0.15) is 11.5 Å². The van der Waals surface area contributed by atoms with E-state index >= 15 is 0 Å². The molecule has 0 aliphatic heterocycles. The number of anilines is 2. The Hall–Kier alpha value is -2.55. The second kappa shape index (κ2) is 10.8. The summed E-state index contributed by atoms with van der Waals surface area (Å²) in [6.07, 6.45) is 5.77. The Morgan fingerprint density at radius 3 is 2.62 bits per heavy atom. The van der Waals surface area contributed by atoms with Gasteiger partial charge in [-0.05, 0) is 50.8 Å². The van der Waals surface area contributed by atoms with Crippen molar-refractivity contribution in [3.8, 4) is 0 Å². The van der Waals surface area contributed by atoms with Crippen molar-refractivity contribution in [1.29, 1.82) is 0 Å². The Morgan fingerprint density at radius 1 is 1.18 bits per heavy atom. The van der Waals surface area contributed by atoms with Crippen LogP contribution in [0.3, 0.4) is 0 Å². The Labute approximate surface area is 209 Å². The fourth-order valence-corrected chi connectivity index (χ4v) is 4.81. The second-order valence-electron chi connectivity index (χ2n) is 8.69. The van der Waals surface area contributed by atoms with Gasteiger partial charge in [-0.15, -0.1) is 0 Å². The van der Waals surface area contributed by atoms with E-state index < -0.39 is 5.97 Å². The molecule has 0 bridgehead atoms. The molecule has 4 rings (SSSR count). The third-order valence-electron chi connectivity index (χ3n) is 6.16. The lowest BCUT2D eigenvalue weighted by Gasteiger charge is -2.30. The van der Waals surface area contributed by atoms with E-state index in [-0.39, 0.29) is 0 Å². The zero-order valence-corrected chi connectivity index (χ0v) is 21.1. The van der Waals surface area contributed by atoms with E-state index in [1.165, 1.54) is 0 Å². The third kappa shape index (κ3) is 5.40. The number of ether oxygens (including phenoxy) is 1. The van der Waals surface area contributed by atoms with Crippen LogP contribution in [0.25, 0.3) is 10.9 Å². The van der Waals surface area contributed by atoms with Gasteiger partial charge in [0.2, 0.25) is 5.95 Å². The predicted octanol–water partition coefficient (Wildman–Crippen LogP) is 5.02. The summed E-state index contributed by atoms with van der Waals surface area (Å²) < 4.78 is 5.26. The van der Waals surface area contributed by atoms with Gasteiger partial charge in [-0.25, -0.2) is 9.78 Å². The van der Waals surface area contributed by atoms with Crippen LogP contribution in [-0.2, 0) is 11.3 Å². The molecule has 0 unspecified atom stereocenters. The third-order valence-corrected chi connectivity index (χ3v) is 6.97. The van der Waals surface area contributed by atoms with Crippen LogP contribution in [0.2, 0.25) is 10.0 Å². The lowest BCUT2D eigenvalue weighted by molar-refractivity contribution is 0.0519. The number of esters is 1. The molecule has 2 heterocycles. The number of aromatic nitrogens is 3. The van der Waals surface area contributed by atoms with Crippen LogP contribution in [-0.4, -0.2) is 53.7 Å². The fraction of sp³-hybridized carbons (Fsp3) is 0.458. The number of carbonyl (C=O) groups excluding carboxylic acids is 1. The standard InChI is InChI=1S/C24H30Cl2N6O2/c1-4-34-23(33)22-16(20-18(30-22)10-9-17(25)21(20)26)13-28-14-5-7-15(8-6-14)29-24-27-12-11-19(31-24)32(2)3/h9-12,14-15,28,30H,4-8,13H2,1-3H3,(H,27,29,31). The van der Waals surface area contributed by atoms with Gasteiger partial charge in [0.15, 0.2) is 0 Å². The van der Waals surface area contributed by atoms with Crippen molar-refractivity contribution in [2.75, 3.05) is 30.9 Å². The SMILES string of the molecule is CCOC(=O)c1[nH]c2ccc(Cl)c(Cl)c2c1CNC1CCC(Nc2nccc(N(C)C)n2)CC1. The molecule has 0 radical (unpaired) electrons. The molecule has 1 fully saturated rings. The number of H-pyrrole nitrogens is 1. The average Bonchev–Trinajstić information content (AvgIpc) is 3.21. The van der Waals surface area contributed by atoms with Crippen LogP contribution in [0.1, 0.15) is 48.7 Å². The molecule has 10 heteroatoms. The summed E-state index contributed by atoms with van der Waals surface area (Å²) in [7, 11) is 3.93. The minimum Gasteiger partial charge on any atom is -0.461 e. The Morgan fingerprint density at radius 2 is 1.91 bits per heavy atom. The van der Waals surface area contributed by atoms with Gasteiger partial charge in [-0.1, -0.05) is 23.2 Å². The van der Waals surface area contributed by atoms with Crippen molar-refractivity contribution in [3.63, 3.8) is 0 Å². The van der Waals surface area contributed by atoms with Gasteiger partial charge in [0.05, 0.1) is 16.7 Å². The van der Waals surface area contributed by atoms with E-state index in [9.17, 15) is 4.79 Å². The number of hydrogen-bond acceptors (Lipinski definition) is 7. The number of nitrogens with zero attached hydrogens (tertiary/aromatic N) is 3. The zero-order chi connectivity index (χ0) is 24.2. The number of nitrogens with one attached hydrogen (secondary N) is 3. The Balaban J connectivity index is 1.41. The van der Waals surface area contributed by atoms with E-state index in [1.54, 1.807) is 19.2 Å². The van der Waals surface area contributed by atoms with E-state index in [4.69, 9.17) is 27.9 Å². The largest absolute Gasteiger partial charge is 0.461 e. The summed E-state index contributed by atoms with van der Waals surface area (Å²) in [4.78, 5) is 26.6. The average molecular weight is 505 g/mol. The predicted molar refractivity (Wildman–Crippen MR) is 137 cm³/mol. The topological polar surface area (TPSA) is 95.2 Å². The van der Waals surface area contributed by atoms with Crippen molar-refractivity contribution < 1.29 is 9.53 Å². The van der Waals surface area contributed by atoms with Crippen LogP contribution in [0.5, 0.6) is 0 Å². The van der Waals surface area contributed by atoms with Crippen LogP contribution in [0.15, 0.2) is 24.4 Å². The maximum Gasteiger partial charge on any atom is 0.355 e. The first-order valence-electron chi connectivity index (χ1n) is 11.5. The number of benzene rings is 1. The van der Waals surface area contributed by atoms with Crippen LogP contribution in [0.4, 0.5) is 11.8 Å². The normalized spacial score (nSPS) is 18.1. The highest BCUT2D eigenvalue weighted by molar-refractivity contribution is 6.45. The van der Waals surface area contributed by atoms with Gasteiger partial charge in [-0.3, -0.25) is 0 Å². The molecule has 3 aromatic rings. The number of halogens is 2. The highest BCUT2D eigenvalue weighted by Gasteiger charge is 2.25. The van der Waals surface area contributed by atoms with E-state index in [2.05, 4.69) is 25.6 Å². The molecule has 1 saturated carbocycles. The van der Waals surface area contributed by atoms with E-state index in [0.29, 0.717) is 46.9 Å². The summed E-state index contributed by atoms with van der Waals surface area (Å²) in [6, 6.07) is 6.10. The van der Waals surface area contributed by atoms with Gasteiger partial charge >= 0.3 is 5.97 Å². The summed E-state index contributed by atoms with van der Waals surface area (Å²) in [5.41, 5.74) is 1.97. The molecule has 0 amide bonds. The van der Waals surface area contributed by atoms with Crippen LogP contribution >= 0.6 is 23.2 Å². The zero-order valence-electron chi connectivity index (χ0n) is 19.6. The molecule has 34 heavy (non-hydrogen) atoms. The smallest absolute Gasteiger partial charge is 0.355 e. The molecular weight excluding hydrogens is 475 g/mol. The van der Waals surface area contributed by atoms with Crippen molar-refractivity contribution in [1.82, 2.24) is 20.3 Å². The molecule has 1 aromatic carbocycles. The van der Waals surface area contributed by atoms with E-state index in [0.717, 1.165) is 48.0 Å². The van der Waals surface area contributed by atoms with Crippen LogP contribution in [0, 0.1) is 0 Å². The number of fused-ring (bicyclic) bond motifs is 1. The fourth-order valence-electron chi connectivity index (χ4n) is 4.38. The van der Waals surface area contributed by atoms with Gasteiger partial charge < -0.3 is 25.3 Å². The second-order valence-corrected chi connectivity index (χ2v) is 9.47. The first-order chi connectivity index (χ1) is 16.4. The summed E-state index contributed by atoms with van der Waals surface area (Å²) in [5.74, 6) is 1.14. The van der Waals surface area contributed by atoms with Crippen molar-refractivity contribution in [2.24, 2.45) is 0 Å². The van der Waals surface area contributed by atoms with Gasteiger partial charge in [0.25, 0.3) is 0 Å². The minimum atomic E-state index is -0.393. The molecular formula is C24H30Cl2N6O2. The molecule has 1 aliphatic rings. The number of rotatable bonds is 8. The van der Waals surface area contributed by atoms with Crippen molar-refractivity contribution >= 4 is 51.8 Å². The monoisotopic (exact) mass is 504 g/mol. The summed E-state index contributed by atoms with van der Waals surface area (Å²) >= 11 is 12.8. The molecule has 0 spiro atoms. The number of hydrogen-bond donors (Lipinski definition) is 3. The quantitative estimate of drug-likeness (QED) is 0.370. The van der Waals surface area contributed by atoms with Crippen molar-refractivity contribution in [2.45, 2.75) is 51.2 Å².